The molecule has 5 atom stereocenters. The first-order valence-corrected chi connectivity index (χ1v) is 19.2. The highest BCUT2D eigenvalue weighted by Gasteiger charge is 2.62. The number of hydrogen-bond acceptors (Lipinski definition) is 10. The number of aromatic nitrogens is 1. The number of rotatable bonds is 8. The Morgan fingerprint density at radius 2 is 1.96 bits per heavy atom. The molecule has 0 spiro atoms. The van der Waals surface area contributed by atoms with Crippen LogP contribution in [0.3, 0.4) is 0 Å². The van der Waals surface area contributed by atoms with E-state index in [9.17, 15) is 27.6 Å². The molecular formula is C34H43N5O8S2. The summed E-state index contributed by atoms with van der Waals surface area (Å²) in [6, 6.07) is 7.01. The second-order valence-corrected chi connectivity index (χ2v) is 16.5. The molecule has 49 heavy (non-hydrogen) atoms. The fourth-order valence-corrected chi connectivity index (χ4v) is 8.75. The number of carbonyl (C=O) groups excluding carboxylic acids is 4. The normalized spacial score (nSPS) is 27.9. The van der Waals surface area contributed by atoms with Gasteiger partial charge in [-0.1, -0.05) is 18.2 Å². The Kier molecular flexibility index (Phi) is 10.0. The van der Waals surface area contributed by atoms with Gasteiger partial charge >= 0.3 is 6.09 Å². The first-order chi connectivity index (χ1) is 23.4. The minimum Gasteiger partial charge on any atom is -0.497 e. The highest BCUT2D eigenvalue weighted by atomic mass is 32.2. The lowest BCUT2D eigenvalue weighted by Crippen LogP contribution is -2.54. The summed E-state index contributed by atoms with van der Waals surface area (Å²) in [5.74, 6) is -3.09. The van der Waals surface area contributed by atoms with Crippen molar-refractivity contribution in [3.63, 3.8) is 0 Å². The Morgan fingerprint density at radius 1 is 1.18 bits per heavy atom. The molecule has 13 nitrogen and oxygen atoms in total. The summed E-state index contributed by atoms with van der Waals surface area (Å²) < 4.78 is 39.0. The number of carbonyl (C=O) groups is 4. The van der Waals surface area contributed by atoms with E-state index < -0.39 is 56.7 Å². The molecule has 15 heteroatoms. The maximum atomic E-state index is 14.1. The number of anilines is 1. The highest BCUT2D eigenvalue weighted by Crippen LogP contribution is 2.47. The topological polar surface area (TPSA) is 164 Å². The molecule has 6 rings (SSSR count). The number of nitrogens with zero attached hydrogens (tertiary/aromatic N) is 3. The van der Waals surface area contributed by atoms with Crippen LogP contribution in [0, 0.1) is 24.7 Å². The molecule has 0 radical (unpaired) electrons. The van der Waals surface area contributed by atoms with Gasteiger partial charge in [-0.25, -0.2) is 18.2 Å². The summed E-state index contributed by atoms with van der Waals surface area (Å²) in [6.07, 6.45) is 6.07. The molecule has 2 N–H and O–H groups in total. The zero-order valence-electron chi connectivity index (χ0n) is 27.9. The number of aryl methyl sites for hydroxylation is 1. The van der Waals surface area contributed by atoms with Gasteiger partial charge in [-0.3, -0.25) is 24.0 Å². The summed E-state index contributed by atoms with van der Waals surface area (Å²) in [5, 5.41) is 4.99. The third-order valence-electron chi connectivity index (χ3n) is 9.84. The predicted octanol–water partition coefficient (Wildman–Crippen LogP) is 3.68. The van der Waals surface area contributed by atoms with E-state index in [1.165, 1.54) is 23.3 Å². The van der Waals surface area contributed by atoms with Gasteiger partial charge in [0.15, 0.2) is 0 Å². The van der Waals surface area contributed by atoms with Crippen LogP contribution in [0.4, 0.5) is 10.5 Å². The molecule has 2 aromatic rings. The second-order valence-electron chi connectivity index (χ2n) is 13.5. The lowest BCUT2D eigenvalue weighted by molar-refractivity contribution is -0.140. The van der Waals surface area contributed by atoms with Gasteiger partial charge in [-0.2, -0.15) is 0 Å². The van der Waals surface area contributed by atoms with Crippen molar-refractivity contribution in [2.45, 2.75) is 81.7 Å². The second kappa shape index (κ2) is 14.1. The van der Waals surface area contributed by atoms with Gasteiger partial charge in [-0.15, -0.1) is 11.3 Å². The number of fused-ring (bicyclic) bond motifs is 2. The fourth-order valence-electron chi connectivity index (χ4n) is 6.78. The van der Waals surface area contributed by atoms with Crippen LogP contribution in [-0.2, 0) is 35.7 Å². The van der Waals surface area contributed by atoms with E-state index in [2.05, 4.69) is 15.0 Å². The Bertz CT molecular complexity index is 1740. The Morgan fingerprint density at radius 3 is 2.67 bits per heavy atom. The molecule has 3 saturated carbocycles. The van der Waals surface area contributed by atoms with Gasteiger partial charge in [-0.05, 0) is 70.4 Å². The number of nitrogens with one attached hydrogen (secondary N) is 2. The van der Waals surface area contributed by atoms with Crippen molar-refractivity contribution in [3.8, 4) is 5.75 Å². The van der Waals surface area contributed by atoms with Crippen LogP contribution >= 0.6 is 11.3 Å². The predicted molar refractivity (Wildman–Crippen MR) is 182 cm³/mol. The molecule has 1 aromatic carbocycles. The van der Waals surface area contributed by atoms with Crippen molar-refractivity contribution in [2.75, 3.05) is 25.6 Å². The molecule has 1 aliphatic heterocycles. The smallest absolute Gasteiger partial charge is 0.414 e. The Labute approximate surface area is 290 Å². The van der Waals surface area contributed by atoms with E-state index in [4.69, 9.17) is 9.47 Å². The molecule has 2 heterocycles. The quantitative estimate of drug-likeness (QED) is 0.389. The van der Waals surface area contributed by atoms with Crippen molar-refractivity contribution in [3.05, 3.63) is 52.5 Å². The minimum absolute atomic E-state index is 0.0577. The first-order valence-electron chi connectivity index (χ1n) is 16.7. The van der Waals surface area contributed by atoms with Gasteiger partial charge < -0.3 is 19.7 Å². The average Bonchev–Trinajstić information content (AvgIpc) is 3.97. The summed E-state index contributed by atoms with van der Waals surface area (Å²) in [6.45, 7) is 2.52. The Hall–Kier alpha value is -3.98. The van der Waals surface area contributed by atoms with Gasteiger partial charge in [0, 0.05) is 31.0 Å². The molecule has 4 amide bonds. The van der Waals surface area contributed by atoms with E-state index in [1.54, 1.807) is 36.2 Å². The minimum atomic E-state index is -3.85. The summed E-state index contributed by atoms with van der Waals surface area (Å²) in [4.78, 5) is 62.9. The van der Waals surface area contributed by atoms with Crippen LogP contribution in [0.15, 0.2) is 41.8 Å². The molecule has 3 fully saturated rings. The maximum Gasteiger partial charge on any atom is 0.414 e. The summed E-state index contributed by atoms with van der Waals surface area (Å²) in [5.41, 5.74) is -0.233. The maximum absolute atomic E-state index is 14.1. The van der Waals surface area contributed by atoms with Crippen molar-refractivity contribution < 1.29 is 37.1 Å². The number of sulfonamides is 1. The number of allylic oxidation sites excluding steroid dienone is 1. The Balaban J connectivity index is 1.24. The lowest BCUT2D eigenvalue weighted by Gasteiger charge is -2.26. The molecule has 0 saturated heterocycles. The molecule has 3 aliphatic carbocycles. The van der Waals surface area contributed by atoms with E-state index >= 15 is 0 Å². The number of ether oxygens (including phenoxy) is 2. The van der Waals surface area contributed by atoms with Crippen LogP contribution < -0.4 is 19.7 Å². The van der Waals surface area contributed by atoms with E-state index in [0.29, 0.717) is 36.5 Å². The van der Waals surface area contributed by atoms with Crippen LogP contribution in [0.1, 0.15) is 62.1 Å². The largest absolute Gasteiger partial charge is 0.497 e. The van der Waals surface area contributed by atoms with Crippen molar-refractivity contribution in [1.29, 1.82) is 0 Å². The lowest BCUT2D eigenvalue weighted by atomic mass is 9.93. The standard InChI is InChI=1S/C34H43N5O8S2/c1-21-35-23(20-48-21)19-39(24-10-8-11-25(15-24)46-3)33(43)47-26-16-28-29(17-26)31(41)38(2)14-7-5-4-6-9-22-18-34(22,36-30(28)40)32(42)37-49(44,45)27-12-13-27/h6,8-11,15,20,22,26-29H,4-5,7,12-14,16-19H2,1-3H3,(H,36,40)(H,37,42)/b9-6-/t22-,26-,28-,29-,34-/m1/s1. The van der Waals surface area contributed by atoms with Crippen LogP contribution in [0.2, 0.25) is 0 Å². The van der Waals surface area contributed by atoms with Crippen molar-refractivity contribution in [2.24, 2.45) is 17.8 Å². The third-order valence-corrected chi connectivity index (χ3v) is 12.5. The van der Waals surface area contributed by atoms with Gasteiger partial charge in [0.25, 0.3) is 5.91 Å². The number of methoxy groups -OCH3 is 1. The highest BCUT2D eigenvalue weighted by molar-refractivity contribution is 7.91. The molecule has 0 bridgehead atoms. The number of hydrogen-bond donors (Lipinski definition) is 2. The number of thiazole rings is 1. The van der Waals surface area contributed by atoms with E-state index in [-0.39, 0.29) is 37.6 Å². The summed E-state index contributed by atoms with van der Waals surface area (Å²) in [7, 11) is -0.611. The number of benzene rings is 1. The van der Waals surface area contributed by atoms with Crippen LogP contribution in [0.25, 0.3) is 0 Å². The van der Waals surface area contributed by atoms with Crippen LogP contribution in [0.5, 0.6) is 5.75 Å². The van der Waals surface area contributed by atoms with Crippen molar-refractivity contribution >= 4 is 50.9 Å². The summed E-state index contributed by atoms with van der Waals surface area (Å²) >= 11 is 1.47. The molecular weight excluding hydrogens is 671 g/mol. The van der Waals surface area contributed by atoms with Crippen molar-refractivity contribution in [1.82, 2.24) is 19.9 Å². The third kappa shape index (κ3) is 7.77. The molecule has 0 unspecified atom stereocenters. The number of amides is 4. The van der Waals surface area contributed by atoms with Gasteiger partial charge in [0.05, 0.1) is 47.1 Å². The van der Waals surface area contributed by atoms with Gasteiger partial charge in [0.1, 0.15) is 17.4 Å². The fraction of sp³-hybridized carbons (Fsp3) is 0.559. The van der Waals surface area contributed by atoms with Crippen LogP contribution in [-0.4, -0.2) is 79.7 Å². The SMILES string of the molecule is COc1cccc(N(Cc2csc(C)n2)C(=O)O[C@@H]2C[C@H]3C(=O)N[C@]4(C(=O)NS(=O)(=O)C5CC5)C[C@H]4/C=C\CCCCN(C)C(=O)[C@@H]3C2)c1. The first kappa shape index (κ1) is 34.9. The van der Waals surface area contributed by atoms with E-state index in [0.717, 1.165) is 24.3 Å². The zero-order chi connectivity index (χ0) is 34.9. The molecule has 4 aliphatic rings. The zero-order valence-corrected chi connectivity index (χ0v) is 29.6. The average molecular weight is 714 g/mol. The molecule has 264 valence electrons. The monoisotopic (exact) mass is 713 g/mol. The molecule has 1 aromatic heterocycles. The van der Waals surface area contributed by atoms with Gasteiger partial charge in [0.2, 0.25) is 21.8 Å². The van der Waals surface area contributed by atoms with E-state index in [1.807, 2.05) is 24.5 Å².